The van der Waals surface area contributed by atoms with Gasteiger partial charge in [-0.15, -0.1) is 11.3 Å². The normalized spacial score (nSPS) is 10.6. The Kier molecular flexibility index (Phi) is 5.78. The minimum atomic E-state index is -0.660. The molecule has 2 heterocycles. The predicted octanol–water partition coefficient (Wildman–Crippen LogP) is 2.11. The van der Waals surface area contributed by atoms with E-state index in [9.17, 15) is 24.5 Å². The molecule has 0 atom stereocenters. The Morgan fingerprint density at radius 3 is 2.70 bits per heavy atom. The number of nitro groups is 1. The molecule has 0 saturated heterocycles. The maximum Gasteiger partial charge on any atom is 0.348 e. The van der Waals surface area contributed by atoms with Crippen LogP contribution in [-0.2, 0) is 16.1 Å². The first-order valence-corrected chi connectivity index (χ1v) is 9.27. The van der Waals surface area contributed by atoms with Crippen molar-refractivity contribution in [2.45, 2.75) is 13.5 Å². The number of hydrogen-bond donors (Lipinski definition) is 1. The van der Waals surface area contributed by atoms with Gasteiger partial charge in [0, 0.05) is 0 Å². The van der Waals surface area contributed by atoms with Gasteiger partial charge in [-0.2, -0.15) is 0 Å². The molecular formula is C18H16N4O7S. The number of nitrogens with zero attached hydrogens (tertiary/aromatic N) is 3. The highest BCUT2D eigenvalue weighted by molar-refractivity contribution is 7.20. The summed E-state index contributed by atoms with van der Waals surface area (Å²) in [5.41, 5.74) is -0.476. The molecule has 30 heavy (non-hydrogen) atoms. The van der Waals surface area contributed by atoms with Crippen LogP contribution in [0.25, 0.3) is 10.2 Å². The number of esters is 1. The summed E-state index contributed by atoms with van der Waals surface area (Å²) in [4.78, 5) is 52.4. The molecule has 0 fully saturated rings. The summed E-state index contributed by atoms with van der Waals surface area (Å²) >= 11 is 1.02. The third kappa shape index (κ3) is 3.85. The summed E-state index contributed by atoms with van der Waals surface area (Å²) in [7, 11) is 2.60. The first-order chi connectivity index (χ1) is 14.3. The van der Waals surface area contributed by atoms with E-state index in [1.165, 1.54) is 38.7 Å². The molecule has 156 valence electrons. The average molecular weight is 432 g/mol. The number of carbonyl (C=O) groups is 2. The number of nitro benzene ring substituents is 1. The number of thiophene rings is 1. The van der Waals surface area contributed by atoms with Crippen LogP contribution < -0.4 is 15.6 Å². The van der Waals surface area contributed by atoms with Gasteiger partial charge in [0.1, 0.15) is 27.7 Å². The van der Waals surface area contributed by atoms with Gasteiger partial charge in [0.25, 0.3) is 11.2 Å². The Bertz CT molecular complexity index is 1230. The number of ether oxygens (including phenoxy) is 2. The zero-order valence-corrected chi connectivity index (χ0v) is 16.9. The molecule has 1 amide bonds. The molecule has 2 aromatic heterocycles. The van der Waals surface area contributed by atoms with E-state index in [1.54, 1.807) is 6.92 Å². The number of nitrogens with one attached hydrogen (secondary N) is 1. The molecule has 3 aromatic rings. The second-order valence-corrected chi connectivity index (χ2v) is 7.09. The fraction of sp³-hybridized carbons (Fsp3) is 0.222. The summed E-state index contributed by atoms with van der Waals surface area (Å²) in [6.07, 6.45) is 1.18. The number of benzene rings is 1. The molecule has 0 radical (unpaired) electrons. The van der Waals surface area contributed by atoms with E-state index >= 15 is 0 Å². The van der Waals surface area contributed by atoms with Crippen molar-refractivity contribution in [1.29, 1.82) is 0 Å². The van der Waals surface area contributed by atoms with Crippen molar-refractivity contribution in [3.05, 3.63) is 55.4 Å². The van der Waals surface area contributed by atoms with Crippen LogP contribution in [0.3, 0.4) is 0 Å². The van der Waals surface area contributed by atoms with Crippen LogP contribution in [0.2, 0.25) is 0 Å². The summed E-state index contributed by atoms with van der Waals surface area (Å²) in [6.45, 7) is 1.17. The highest BCUT2D eigenvalue weighted by Gasteiger charge is 2.21. The van der Waals surface area contributed by atoms with Gasteiger partial charge in [0.2, 0.25) is 5.91 Å². The Hall–Kier alpha value is -3.80. The topological polar surface area (TPSA) is 143 Å². The lowest BCUT2D eigenvalue weighted by atomic mass is 10.2. The van der Waals surface area contributed by atoms with E-state index in [1.807, 2.05) is 0 Å². The van der Waals surface area contributed by atoms with Gasteiger partial charge < -0.3 is 14.8 Å². The monoisotopic (exact) mass is 432 g/mol. The molecule has 0 unspecified atom stereocenters. The first-order valence-electron chi connectivity index (χ1n) is 8.46. The number of hydrogen-bond acceptors (Lipinski definition) is 9. The van der Waals surface area contributed by atoms with Gasteiger partial charge >= 0.3 is 5.97 Å². The second-order valence-electron chi connectivity index (χ2n) is 6.09. The van der Waals surface area contributed by atoms with Crippen molar-refractivity contribution in [2.24, 2.45) is 0 Å². The standard InChI is InChI=1S/C18H16N4O7S/c1-9-14-16(30-15(9)18(25)29-3)19-8-21(17(14)24)7-13(23)20-11-5-4-10(28-2)6-12(11)22(26)27/h4-6,8H,7H2,1-3H3,(H,20,23). The lowest BCUT2D eigenvalue weighted by molar-refractivity contribution is -0.384. The molecule has 0 aliphatic rings. The molecule has 0 saturated carbocycles. The molecule has 0 aliphatic carbocycles. The Morgan fingerprint density at radius 2 is 2.07 bits per heavy atom. The van der Waals surface area contributed by atoms with Gasteiger partial charge in [-0.3, -0.25) is 24.3 Å². The summed E-state index contributed by atoms with van der Waals surface area (Å²) in [6, 6.07) is 3.98. The number of anilines is 1. The molecule has 0 aliphatic heterocycles. The van der Waals surface area contributed by atoms with Crippen LogP contribution >= 0.6 is 11.3 Å². The van der Waals surface area contributed by atoms with Crippen molar-refractivity contribution in [3.63, 3.8) is 0 Å². The number of rotatable bonds is 6. The molecule has 1 N–H and O–H groups in total. The van der Waals surface area contributed by atoms with Crippen LogP contribution in [0.5, 0.6) is 5.75 Å². The predicted molar refractivity (Wildman–Crippen MR) is 108 cm³/mol. The molecule has 0 bridgehead atoms. The number of amides is 1. The van der Waals surface area contributed by atoms with Crippen molar-refractivity contribution in [3.8, 4) is 5.75 Å². The van der Waals surface area contributed by atoms with E-state index in [0.29, 0.717) is 10.4 Å². The van der Waals surface area contributed by atoms with Gasteiger partial charge in [-0.05, 0) is 24.6 Å². The lowest BCUT2D eigenvalue weighted by Gasteiger charge is -2.09. The molecule has 12 heteroatoms. The van der Waals surface area contributed by atoms with E-state index in [2.05, 4.69) is 10.3 Å². The first kappa shape index (κ1) is 20.9. The number of methoxy groups -OCH3 is 2. The largest absolute Gasteiger partial charge is 0.496 e. The van der Waals surface area contributed by atoms with Gasteiger partial charge in [-0.25, -0.2) is 9.78 Å². The molecule has 11 nitrogen and oxygen atoms in total. The summed E-state index contributed by atoms with van der Waals surface area (Å²) < 4.78 is 10.7. The minimum absolute atomic E-state index is 0.0347. The third-order valence-corrected chi connectivity index (χ3v) is 5.46. The molecule has 3 rings (SSSR count). The number of aryl methyl sites for hydroxylation is 1. The third-order valence-electron chi connectivity index (χ3n) is 4.28. The Labute approximate surface area is 173 Å². The Balaban J connectivity index is 1.90. The van der Waals surface area contributed by atoms with Crippen LogP contribution in [-0.4, -0.2) is 40.6 Å². The van der Waals surface area contributed by atoms with Crippen LogP contribution in [0.1, 0.15) is 15.2 Å². The van der Waals surface area contributed by atoms with Gasteiger partial charge in [-0.1, -0.05) is 0 Å². The second kappa shape index (κ2) is 8.29. The van der Waals surface area contributed by atoms with E-state index in [0.717, 1.165) is 15.9 Å². The molecule has 0 spiro atoms. The Morgan fingerprint density at radius 1 is 1.33 bits per heavy atom. The number of carbonyl (C=O) groups excluding carboxylic acids is 2. The highest BCUT2D eigenvalue weighted by Crippen LogP contribution is 2.29. The summed E-state index contributed by atoms with van der Waals surface area (Å²) in [5, 5.41) is 13.9. The van der Waals surface area contributed by atoms with Crippen LogP contribution in [0.4, 0.5) is 11.4 Å². The molecule has 1 aromatic carbocycles. The fourth-order valence-corrected chi connectivity index (χ4v) is 3.86. The van der Waals surface area contributed by atoms with Crippen molar-refractivity contribution in [2.75, 3.05) is 19.5 Å². The lowest BCUT2D eigenvalue weighted by Crippen LogP contribution is -2.28. The van der Waals surface area contributed by atoms with E-state index < -0.39 is 28.9 Å². The number of aromatic nitrogens is 2. The molecular weight excluding hydrogens is 416 g/mol. The fourth-order valence-electron chi connectivity index (χ4n) is 2.80. The zero-order valence-electron chi connectivity index (χ0n) is 16.1. The SMILES string of the molecule is COC(=O)c1sc2ncn(CC(=O)Nc3ccc(OC)cc3[N+](=O)[O-])c(=O)c2c1C. The van der Waals surface area contributed by atoms with Crippen LogP contribution in [0.15, 0.2) is 29.3 Å². The minimum Gasteiger partial charge on any atom is -0.496 e. The maximum absolute atomic E-state index is 12.8. The van der Waals surface area contributed by atoms with Gasteiger partial charge in [0.05, 0.1) is 36.9 Å². The van der Waals surface area contributed by atoms with Crippen molar-refractivity contribution >= 4 is 44.8 Å². The zero-order chi connectivity index (χ0) is 22.0. The average Bonchev–Trinajstić information content (AvgIpc) is 3.06. The quantitative estimate of drug-likeness (QED) is 0.354. The van der Waals surface area contributed by atoms with Crippen molar-refractivity contribution in [1.82, 2.24) is 9.55 Å². The highest BCUT2D eigenvalue weighted by atomic mass is 32.1. The smallest absolute Gasteiger partial charge is 0.348 e. The number of fused-ring (bicyclic) bond motifs is 1. The summed E-state index contributed by atoms with van der Waals surface area (Å²) in [5.74, 6) is -0.974. The van der Waals surface area contributed by atoms with Gasteiger partial charge in [0.15, 0.2) is 0 Å². The van der Waals surface area contributed by atoms with Crippen LogP contribution in [0, 0.1) is 17.0 Å². The maximum atomic E-state index is 12.8. The van der Waals surface area contributed by atoms with E-state index in [-0.39, 0.29) is 27.4 Å². The van der Waals surface area contributed by atoms with Crippen molar-refractivity contribution < 1.29 is 24.0 Å². The van der Waals surface area contributed by atoms with E-state index in [4.69, 9.17) is 9.47 Å².